The molecular formula is C13H16N2S2. The summed E-state index contributed by atoms with van der Waals surface area (Å²) < 4.78 is 6.46. The first-order valence-corrected chi connectivity index (χ1v) is 7.05. The van der Waals surface area contributed by atoms with Crippen molar-refractivity contribution in [3.8, 4) is 0 Å². The lowest BCUT2D eigenvalue weighted by atomic mass is 10.3. The number of hydrogen-bond donors (Lipinski definition) is 2. The summed E-state index contributed by atoms with van der Waals surface area (Å²) in [6.07, 6.45) is 0. The van der Waals surface area contributed by atoms with E-state index in [1.807, 2.05) is 60.7 Å². The average Bonchev–Trinajstić information content (AvgIpc) is 2.37. The number of anilines is 2. The number of benzene rings is 2. The molecular weight excluding hydrogens is 248 g/mol. The molecule has 0 aliphatic heterocycles. The maximum Gasteiger partial charge on any atom is 0.0448 e. The van der Waals surface area contributed by atoms with Gasteiger partial charge in [-0.05, 0) is 24.3 Å². The van der Waals surface area contributed by atoms with Crippen LogP contribution in [0.1, 0.15) is 7.43 Å². The van der Waals surface area contributed by atoms with Crippen LogP contribution in [0.15, 0.2) is 60.7 Å². The van der Waals surface area contributed by atoms with Crippen LogP contribution in [0, 0.1) is 0 Å². The molecule has 4 heteroatoms. The van der Waals surface area contributed by atoms with E-state index in [0.717, 1.165) is 11.4 Å². The Kier molecular flexibility index (Phi) is 6.43. The van der Waals surface area contributed by atoms with Gasteiger partial charge in [0.1, 0.15) is 0 Å². The first-order chi connectivity index (χ1) is 7.95. The van der Waals surface area contributed by atoms with E-state index in [-0.39, 0.29) is 7.43 Å². The zero-order valence-electron chi connectivity index (χ0n) is 8.59. The lowest BCUT2D eigenvalue weighted by Crippen LogP contribution is -1.86. The van der Waals surface area contributed by atoms with E-state index < -0.39 is 0 Å². The van der Waals surface area contributed by atoms with E-state index in [9.17, 15) is 0 Å². The maximum atomic E-state index is 3.23. The highest BCUT2D eigenvalue weighted by Crippen LogP contribution is 2.24. The first kappa shape index (κ1) is 13.8. The van der Waals surface area contributed by atoms with Crippen molar-refractivity contribution in [3.63, 3.8) is 0 Å². The molecule has 0 spiro atoms. The maximum absolute atomic E-state index is 3.23. The SMILES string of the molecule is C.c1ccc(NSSNc2ccccc2)cc1. The van der Waals surface area contributed by atoms with Gasteiger partial charge < -0.3 is 9.44 Å². The van der Waals surface area contributed by atoms with E-state index >= 15 is 0 Å². The van der Waals surface area contributed by atoms with E-state index in [2.05, 4.69) is 9.44 Å². The van der Waals surface area contributed by atoms with E-state index in [0.29, 0.717) is 0 Å². The van der Waals surface area contributed by atoms with Gasteiger partial charge in [0.2, 0.25) is 0 Å². The molecule has 0 fully saturated rings. The summed E-state index contributed by atoms with van der Waals surface area (Å²) in [6, 6.07) is 20.2. The Morgan fingerprint density at radius 2 is 0.941 bits per heavy atom. The molecule has 90 valence electrons. The molecule has 0 amide bonds. The van der Waals surface area contributed by atoms with Crippen molar-refractivity contribution in [1.82, 2.24) is 0 Å². The molecule has 2 aromatic rings. The summed E-state index contributed by atoms with van der Waals surface area (Å²) in [7, 11) is 3.11. The van der Waals surface area contributed by atoms with E-state index in [1.165, 1.54) is 0 Å². The normalized spacial score (nSPS) is 9.18. The van der Waals surface area contributed by atoms with E-state index in [4.69, 9.17) is 0 Å². The average molecular weight is 264 g/mol. The van der Waals surface area contributed by atoms with Crippen molar-refractivity contribution >= 4 is 33.3 Å². The summed E-state index contributed by atoms with van der Waals surface area (Å²) >= 11 is 0. The molecule has 17 heavy (non-hydrogen) atoms. The molecule has 0 heterocycles. The highest BCUT2D eigenvalue weighted by atomic mass is 33.1. The third-order valence-electron chi connectivity index (χ3n) is 1.91. The fraction of sp³-hybridized carbons (Fsp3) is 0.0769. The summed E-state index contributed by atoms with van der Waals surface area (Å²) in [4.78, 5) is 0. The number of hydrogen-bond acceptors (Lipinski definition) is 4. The monoisotopic (exact) mass is 264 g/mol. The highest BCUT2D eigenvalue weighted by molar-refractivity contribution is 8.77. The Morgan fingerprint density at radius 3 is 1.29 bits per heavy atom. The van der Waals surface area contributed by atoms with Crippen molar-refractivity contribution in [2.45, 2.75) is 7.43 Å². The Morgan fingerprint density at radius 1 is 0.588 bits per heavy atom. The Labute approximate surface area is 111 Å². The molecule has 0 aliphatic rings. The van der Waals surface area contributed by atoms with Gasteiger partial charge in [-0.1, -0.05) is 43.8 Å². The third kappa shape index (κ3) is 5.06. The Balaban J connectivity index is 0.00000144. The van der Waals surface area contributed by atoms with Crippen LogP contribution in [0.5, 0.6) is 0 Å². The quantitative estimate of drug-likeness (QED) is 0.448. The number of para-hydroxylation sites is 2. The molecule has 2 N–H and O–H groups in total. The Hall–Kier alpha value is -1.26. The predicted molar refractivity (Wildman–Crippen MR) is 82.0 cm³/mol. The van der Waals surface area contributed by atoms with Crippen LogP contribution in [-0.2, 0) is 0 Å². The van der Waals surface area contributed by atoms with Crippen LogP contribution in [0.4, 0.5) is 11.4 Å². The molecule has 0 aliphatic carbocycles. The minimum atomic E-state index is 0. The molecule has 0 bridgehead atoms. The second kappa shape index (κ2) is 7.92. The molecule has 0 atom stereocenters. The number of nitrogens with one attached hydrogen (secondary N) is 2. The largest absolute Gasteiger partial charge is 0.319 e. The van der Waals surface area contributed by atoms with Gasteiger partial charge in [0.15, 0.2) is 0 Å². The second-order valence-corrected chi connectivity index (χ2v) is 4.84. The van der Waals surface area contributed by atoms with Gasteiger partial charge in [0, 0.05) is 33.3 Å². The van der Waals surface area contributed by atoms with Crippen molar-refractivity contribution in [3.05, 3.63) is 60.7 Å². The van der Waals surface area contributed by atoms with Crippen LogP contribution < -0.4 is 9.44 Å². The molecule has 2 rings (SSSR count). The smallest absolute Gasteiger partial charge is 0.0448 e. The van der Waals surface area contributed by atoms with Crippen molar-refractivity contribution in [2.75, 3.05) is 9.44 Å². The van der Waals surface area contributed by atoms with Gasteiger partial charge in [0.25, 0.3) is 0 Å². The second-order valence-electron chi connectivity index (χ2n) is 3.10. The van der Waals surface area contributed by atoms with Crippen LogP contribution in [-0.4, -0.2) is 0 Å². The fourth-order valence-corrected chi connectivity index (χ4v) is 2.53. The molecule has 0 radical (unpaired) electrons. The lowest BCUT2D eigenvalue weighted by molar-refractivity contribution is 1.68. The molecule has 0 saturated heterocycles. The third-order valence-corrected chi connectivity index (χ3v) is 3.38. The highest BCUT2D eigenvalue weighted by Gasteiger charge is 1.92. The summed E-state index contributed by atoms with van der Waals surface area (Å²) in [5, 5.41) is 0. The topological polar surface area (TPSA) is 24.1 Å². The zero-order chi connectivity index (χ0) is 11.1. The standard InChI is InChI=1S/C12H12N2S2.CH4/c1-3-7-11(8-4-1)13-15-16-14-12-9-5-2-6-10-12;/h1-10,13-14H;1H4. The first-order valence-electron chi connectivity index (χ1n) is 4.90. The summed E-state index contributed by atoms with van der Waals surface area (Å²) in [6.45, 7) is 0. The van der Waals surface area contributed by atoms with Crippen molar-refractivity contribution < 1.29 is 0 Å². The van der Waals surface area contributed by atoms with Gasteiger partial charge in [-0.25, -0.2) is 0 Å². The molecule has 2 nitrogen and oxygen atoms in total. The fourth-order valence-electron chi connectivity index (χ4n) is 1.15. The predicted octanol–water partition coefficient (Wildman–Crippen LogP) is 5.06. The van der Waals surface area contributed by atoms with Crippen LogP contribution in [0.2, 0.25) is 0 Å². The number of rotatable bonds is 5. The van der Waals surface area contributed by atoms with Crippen LogP contribution in [0.3, 0.4) is 0 Å². The van der Waals surface area contributed by atoms with Gasteiger partial charge in [-0.2, -0.15) is 0 Å². The minimum Gasteiger partial charge on any atom is -0.319 e. The molecule has 0 aromatic heterocycles. The van der Waals surface area contributed by atoms with Crippen LogP contribution >= 0.6 is 22.0 Å². The lowest BCUT2D eigenvalue weighted by Gasteiger charge is -2.05. The summed E-state index contributed by atoms with van der Waals surface area (Å²) in [5.74, 6) is 0. The van der Waals surface area contributed by atoms with Gasteiger partial charge >= 0.3 is 0 Å². The van der Waals surface area contributed by atoms with Gasteiger partial charge in [-0.3, -0.25) is 0 Å². The zero-order valence-corrected chi connectivity index (χ0v) is 10.2. The minimum absolute atomic E-state index is 0. The van der Waals surface area contributed by atoms with E-state index in [1.54, 1.807) is 22.0 Å². The molecule has 0 unspecified atom stereocenters. The molecule has 2 aromatic carbocycles. The van der Waals surface area contributed by atoms with Gasteiger partial charge in [0.05, 0.1) is 0 Å². The van der Waals surface area contributed by atoms with Crippen LogP contribution in [0.25, 0.3) is 0 Å². The molecule has 0 saturated carbocycles. The Bertz CT molecular complexity index is 365. The van der Waals surface area contributed by atoms with Crippen molar-refractivity contribution in [2.24, 2.45) is 0 Å². The van der Waals surface area contributed by atoms with Crippen molar-refractivity contribution in [1.29, 1.82) is 0 Å². The summed E-state index contributed by atoms with van der Waals surface area (Å²) in [5.41, 5.74) is 2.21. The van der Waals surface area contributed by atoms with Gasteiger partial charge in [-0.15, -0.1) is 0 Å².